The Morgan fingerprint density at radius 2 is 1.81 bits per heavy atom. The Balaban J connectivity index is 0.00000220. The first-order chi connectivity index (χ1) is 9.45. The van der Waals surface area contributed by atoms with E-state index in [4.69, 9.17) is 5.73 Å². The molecule has 2 amide bonds. The molecule has 21 heavy (non-hydrogen) atoms. The minimum Gasteiger partial charge on any atom is -0.339 e. The van der Waals surface area contributed by atoms with Crippen molar-refractivity contribution in [2.75, 3.05) is 32.7 Å². The van der Waals surface area contributed by atoms with Gasteiger partial charge in [-0.15, -0.1) is 12.4 Å². The third kappa shape index (κ3) is 3.96. The van der Waals surface area contributed by atoms with Crippen LogP contribution in [0.4, 0.5) is 0 Å². The van der Waals surface area contributed by atoms with E-state index in [2.05, 4.69) is 0 Å². The Labute approximate surface area is 135 Å². The monoisotopic (exact) mass is 331 g/mol. The van der Waals surface area contributed by atoms with Gasteiger partial charge < -0.3 is 15.5 Å². The first-order valence-electron chi connectivity index (χ1n) is 6.76. The molecule has 2 N–H and O–H groups in total. The number of thiophene rings is 1. The van der Waals surface area contributed by atoms with Gasteiger partial charge in [-0.05, 0) is 25.3 Å². The van der Waals surface area contributed by atoms with E-state index in [1.54, 1.807) is 4.90 Å². The molecule has 2 rings (SSSR count). The van der Waals surface area contributed by atoms with E-state index in [-0.39, 0.29) is 24.2 Å². The summed E-state index contributed by atoms with van der Waals surface area (Å²) in [6.45, 7) is 6.38. The van der Waals surface area contributed by atoms with Crippen molar-refractivity contribution in [2.24, 2.45) is 11.1 Å². The van der Waals surface area contributed by atoms with E-state index in [1.165, 1.54) is 11.3 Å². The zero-order chi connectivity index (χ0) is 14.8. The maximum absolute atomic E-state index is 12.3. The lowest BCUT2D eigenvalue weighted by atomic mass is 9.91. The third-order valence-electron chi connectivity index (χ3n) is 3.71. The summed E-state index contributed by atoms with van der Waals surface area (Å²) in [4.78, 5) is 28.1. The van der Waals surface area contributed by atoms with E-state index in [1.807, 2.05) is 35.6 Å². The van der Waals surface area contributed by atoms with Crippen molar-refractivity contribution >= 4 is 35.6 Å². The zero-order valence-corrected chi connectivity index (χ0v) is 14.0. The molecule has 0 radical (unpaired) electrons. The fraction of sp³-hybridized carbons (Fsp3) is 0.571. The molecular weight excluding hydrogens is 310 g/mol. The second-order valence-electron chi connectivity index (χ2n) is 5.68. The molecule has 0 bridgehead atoms. The predicted octanol–water partition coefficient (Wildman–Crippen LogP) is 1.44. The first kappa shape index (κ1) is 17.9. The summed E-state index contributed by atoms with van der Waals surface area (Å²) in [5, 5.41) is 3.76. The number of carbonyl (C=O) groups is 2. The van der Waals surface area contributed by atoms with Gasteiger partial charge in [0.25, 0.3) is 5.91 Å². The molecule has 1 aliphatic heterocycles. The van der Waals surface area contributed by atoms with Gasteiger partial charge in [0.1, 0.15) is 0 Å². The highest BCUT2D eigenvalue weighted by molar-refractivity contribution is 7.08. The van der Waals surface area contributed by atoms with Crippen LogP contribution >= 0.6 is 23.7 Å². The lowest BCUT2D eigenvalue weighted by Crippen LogP contribution is -2.54. The highest BCUT2D eigenvalue weighted by atomic mass is 35.5. The van der Waals surface area contributed by atoms with E-state index < -0.39 is 5.41 Å². The molecule has 0 aromatic carbocycles. The summed E-state index contributed by atoms with van der Waals surface area (Å²) in [7, 11) is 0. The number of nitrogens with zero attached hydrogens (tertiary/aromatic N) is 2. The Morgan fingerprint density at radius 3 is 2.29 bits per heavy atom. The summed E-state index contributed by atoms with van der Waals surface area (Å²) in [5.74, 6) is 0.124. The average molecular weight is 332 g/mol. The van der Waals surface area contributed by atoms with Crippen LogP contribution in [0, 0.1) is 5.41 Å². The number of hydrogen-bond donors (Lipinski definition) is 1. The fourth-order valence-corrected chi connectivity index (χ4v) is 2.83. The standard InChI is InChI=1S/C14H21N3O2S.ClH/c1-14(2,10-15)13(19)17-6-4-16(5-7-17)12(18)11-3-8-20-9-11;/h3,8-9H,4-7,10,15H2,1-2H3;1H. The molecule has 2 heterocycles. The Hall–Kier alpha value is -1.11. The van der Waals surface area contributed by atoms with Crippen molar-refractivity contribution in [2.45, 2.75) is 13.8 Å². The number of carbonyl (C=O) groups excluding carboxylic acids is 2. The molecule has 1 saturated heterocycles. The van der Waals surface area contributed by atoms with Crippen LogP contribution < -0.4 is 5.73 Å². The minimum absolute atomic E-state index is 0. The van der Waals surface area contributed by atoms with Crippen molar-refractivity contribution in [1.29, 1.82) is 0 Å². The molecule has 0 spiro atoms. The van der Waals surface area contributed by atoms with Crippen molar-refractivity contribution in [3.63, 3.8) is 0 Å². The molecule has 0 unspecified atom stereocenters. The molecule has 1 aliphatic rings. The average Bonchev–Trinajstić information content (AvgIpc) is 3.00. The van der Waals surface area contributed by atoms with Crippen LogP contribution in [0.25, 0.3) is 0 Å². The summed E-state index contributed by atoms with van der Waals surface area (Å²) in [5.41, 5.74) is 5.85. The molecule has 1 aromatic heterocycles. The van der Waals surface area contributed by atoms with Crippen molar-refractivity contribution in [1.82, 2.24) is 9.80 Å². The highest BCUT2D eigenvalue weighted by Crippen LogP contribution is 2.19. The van der Waals surface area contributed by atoms with Gasteiger partial charge in [-0.3, -0.25) is 9.59 Å². The number of rotatable bonds is 3. The van der Waals surface area contributed by atoms with E-state index in [0.717, 1.165) is 5.56 Å². The van der Waals surface area contributed by atoms with Crippen molar-refractivity contribution in [3.05, 3.63) is 22.4 Å². The number of nitrogens with two attached hydrogens (primary N) is 1. The second-order valence-corrected chi connectivity index (χ2v) is 6.46. The van der Waals surface area contributed by atoms with Gasteiger partial charge >= 0.3 is 0 Å². The SMILES string of the molecule is CC(C)(CN)C(=O)N1CCN(C(=O)c2ccsc2)CC1.Cl. The molecule has 118 valence electrons. The predicted molar refractivity (Wildman–Crippen MR) is 86.9 cm³/mol. The molecule has 7 heteroatoms. The van der Waals surface area contributed by atoms with Gasteiger partial charge in [-0.25, -0.2) is 0 Å². The van der Waals surface area contributed by atoms with Gasteiger partial charge in [0.2, 0.25) is 5.91 Å². The lowest BCUT2D eigenvalue weighted by Gasteiger charge is -2.38. The van der Waals surface area contributed by atoms with Crippen molar-refractivity contribution in [3.8, 4) is 0 Å². The molecule has 0 saturated carbocycles. The number of amides is 2. The lowest BCUT2D eigenvalue weighted by molar-refractivity contribution is -0.141. The van der Waals surface area contributed by atoms with Crippen LogP contribution in [0.1, 0.15) is 24.2 Å². The summed E-state index contributed by atoms with van der Waals surface area (Å²) in [6, 6.07) is 1.84. The molecule has 0 aliphatic carbocycles. The maximum Gasteiger partial charge on any atom is 0.254 e. The molecule has 0 atom stereocenters. The quantitative estimate of drug-likeness (QED) is 0.911. The Morgan fingerprint density at radius 1 is 1.24 bits per heavy atom. The van der Waals surface area contributed by atoms with Gasteiger partial charge in [0.15, 0.2) is 0 Å². The number of hydrogen-bond acceptors (Lipinski definition) is 4. The largest absolute Gasteiger partial charge is 0.339 e. The van der Waals surface area contributed by atoms with E-state index in [0.29, 0.717) is 32.7 Å². The zero-order valence-electron chi connectivity index (χ0n) is 12.4. The fourth-order valence-electron chi connectivity index (χ4n) is 2.20. The molecule has 5 nitrogen and oxygen atoms in total. The van der Waals surface area contributed by atoms with E-state index >= 15 is 0 Å². The van der Waals surface area contributed by atoms with Gasteiger partial charge in [-0.2, -0.15) is 11.3 Å². The maximum atomic E-state index is 12.3. The van der Waals surface area contributed by atoms with Crippen LogP contribution in [0.2, 0.25) is 0 Å². The van der Waals surface area contributed by atoms with Crippen LogP contribution in [0.3, 0.4) is 0 Å². The van der Waals surface area contributed by atoms with Crippen LogP contribution in [-0.2, 0) is 4.79 Å². The topological polar surface area (TPSA) is 66.6 Å². The second kappa shape index (κ2) is 7.24. The van der Waals surface area contributed by atoms with E-state index in [9.17, 15) is 9.59 Å². The normalized spacial score (nSPS) is 15.6. The highest BCUT2D eigenvalue weighted by Gasteiger charge is 2.33. The third-order valence-corrected chi connectivity index (χ3v) is 4.39. The van der Waals surface area contributed by atoms with Gasteiger partial charge in [0.05, 0.1) is 11.0 Å². The molecular formula is C14H22ClN3O2S. The first-order valence-corrected chi connectivity index (χ1v) is 7.71. The number of halogens is 1. The van der Waals surface area contributed by atoms with Crippen LogP contribution in [-0.4, -0.2) is 54.3 Å². The molecule has 1 fully saturated rings. The van der Waals surface area contributed by atoms with Crippen LogP contribution in [0.5, 0.6) is 0 Å². The van der Waals surface area contributed by atoms with Gasteiger partial charge in [0, 0.05) is 38.1 Å². The Bertz CT molecular complexity index is 482. The summed E-state index contributed by atoms with van der Waals surface area (Å²) in [6.07, 6.45) is 0. The summed E-state index contributed by atoms with van der Waals surface area (Å²) >= 11 is 1.52. The van der Waals surface area contributed by atoms with Gasteiger partial charge in [-0.1, -0.05) is 0 Å². The summed E-state index contributed by atoms with van der Waals surface area (Å²) < 4.78 is 0. The number of piperazine rings is 1. The molecule has 1 aromatic rings. The van der Waals surface area contributed by atoms with Crippen molar-refractivity contribution < 1.29 is 9.59 Å². The minimum atomic E-state index is -0.528. The smallest absolute Gasteiger partial charge is 0.254 e. The Kier molecular flexibility index (Phi) is 6.19. The van der Waals surface area contributed by atoms with Crippen LogP contribution in [0.15, 0.2) is 16.8 Å².